The number of carbonyl (C=O) groups is 1. The van der Waals surface area contributed by atoms with E-state index >= 15 is 0 Å². The zero-order valence-corrected chi connectivity index (χ0v) is 12.6. The van der Waals surface area contributed by atoms with Crippen molar-refractivity contribution in [3.63, 3.8) is 0 Å². The van der Waals surface area contributed by atoms with E-state index in [0.29, 0.717) is 19.4 Å². The van der Waals surface area contributed by atoms with Gasteiger partial charge in [-0.3, -0.25) is 4.79 Å². The SMILES string of the molecule is CC[C@H](CO)NC(=O)CCCOc1ccc(Br)cc1. The second kappa shape index (κ2) is 8.93. The van der Waals surface area contributed by atoms with E-state index in [2.05, 4.69) is 21.2 Å². The number of hydrogen-bond donors (Lipinski definition) is 2. The number of halogens is 1. The molecule has 0 fully saturated rings. The van der Waals surface area contributed by atoms with Crippen LogP contribution in [0.4, 0.5) is 0 Å². The molecular formula is C14H20BrNO3. The number of carbonyl (C=O) groups excluding carboxylic acids is 1. The number of aliphatic hydroxyl groups is 1. The first-order chi connectivity index (χ1) is 9.15. The van der Waals surface area contributed by atoms with Crippen LogP contribution in [0.2, 0.25) is 0 Å². The second-order valence-electron chi connectivity index (χ2n) is 4.26. The van der Waals surface area contributed by atoms with E-state index in [1.54, 1.807) is 0 Å². The van der Waals surface area contributed by atoms with Crippen LogP contribution in [0.15, 0.2) is 28.7 Å². The molecule has 0 saturated heterocycles. The monoisotopic (exact) mass is 329 g/mol. The van der Waals surface area contributed by atoms with Crippen molar-refractivity contribution in [2.75, 3.05) is 13.2 Å². The Balaban J connectivity index is 2.16. The summed E-state index contributed by atoms with van der Waals surface area (Å²) >= 11 is 3.35. The molecule has 1 aromatic rings. The summed E-state index contributed by atoms with van der Waals surface area (Å²) in [4.78, 5) is 11.5. The van der Waals surface area contributed by atoms with Crippen LogP contribution in [-0.2, 0) is 4.79 Å². The third kappa shape index (κ3) is 6.59. The quantitative estimate of drug-likeness (QED) is 0.720. The topological polar surface area (TPSA) is 58.6 Å². The van der Waals surface area contributed by atoms with E-state index < -0.39 is 0 Å². The maximum absolute atomic E-state index is 11.5. The van der Waals surface area contributed by atoms with Gasteiger partial charge in [0, 0.05) is 10.9 Å². The van der Waals surface area contributed by atoms with E-state index in [1.807, 2.05) is 31.2 Å². The van der Waals surface area contributed by atoms with Crippen molar-refractivity contribution in [1.29, 1.82) is 0 Å². The highest BCUT2D eigenvalue weighted by Gasteiger charge is 2.08. The molecule has 0 radical (unpaired) electrons. The highest BCUT2D eigenvalue weighted by Crippen LogP contribution is 2.16. The van der Waals surface area contributed by atoms with Gasteiger partial charge in [0.2, 0.25) is 5.91 Å². The molecule has 1 aromatic carbocycles. The zero-order valence-electron chi connectivity index (χ0n) is 11.1. The fourth-order valence-corrected chi connectivity index (χ4v) is 1.79. The standard InChI is InChI=1S/C14H20BrNO3/c1-2-12(10-17)16-14(18)4-3-9-19-13-7-5-11(15)6-8-13/h5-8,12,17H,2-4,9-10H2,1H3,(H,16,18)/t12-/m1/s1. The maximum atomic E-state index is 11.5. The molecule has 0 aliphatic carbocycles. The molecule has 19 heavy (non-hydrogen) atoms. The van der Waals surface area contributed by atoms with Gasteiger partial charge in [0.25, 0.3) is 0 Å². The van der Waals surface area contributed by atoms with Gasteiger partial charge in [-0.1, -0.05) is 22.9 Å². The third-order valence-electron chi connectivity index (χ3n) is 2.71. The molecule has 0 aliphatic heterocycles. The summed E-state index contributed by atoms with van der Waals surface area (Å²) in [6.45, 7) is 2.42. The molecule has 0 spiro atoms. The van der Waals surface area contributed by atoms with Crippen molar-refractivity contribution in [2.24, 2.45) is 0 Å². The Kier molecular flexibility index (Phi) is 7.52. The van der Waals surface area contributed by atoms with Crippen molar-refractivity contribution in [3.8, 4) is 5.75 Å². The molecule has 0 aromatic heterocycles. The average Bonchev–Trinajstić information content (AvgIpc) is 2.43. The van der Waals surface area contributed by atoms with E-state index in [1.165, 1.54) is 0 Å². The van der Waals surface area contributed by atoms with Crippen LogP contribution >= 0.6 is 15.9 Å². The van der Waals surface area contributed by atoms with Crippen LogP contribution in [0.5, 0.6) is 5.75 Å². The van der Waals surface area contributed by atoms with Gasteiger partial charge in [-0.2, -0.15) is 0 Å². The molecule has 1 amide bonds. The van der Waals surface area contributed by atoms with E-state index in [0.717, 1.165) is 16.6 Å². The number of rotatable bonds is 8. The van der Waals surface area contributed by atoms with Crippen molar-refractivity contribution in [3.05, 3.63) is 28.7 Å². The van der Waals surface area contributed by atoms with Crippen LogP contribution in [0.25, 0.3) is 0 Å². The van der Waals surface area contributed by atoms with Crippen LogP contribution in [-0.4, -0.2) is 30.3 Å². The molecule has 0 bridgehead atoms. The van der Waals surface area contributed by atoms with Gasteiger partial charge < -0.3 is 15.2 Å². The maximum Gasteiger partial charge on any atom is 0.220 e. The van der Waals surface area contributed by atoms with Crippen molar-refractivity contribution >= 4 is 21.8 Å². The first-order valence-corrected chi connectivity index (χ1v) is 7.23. The van der Waals surface area contributed by atoms with E-state index in [4.69, 9.17) is 9.84 Å². The minimum atomic E-state index is -0.139. The summed E-state index contributed by atoms with van der Waals surface area (Å²) < 4.78 is 6.53. The molecule has 4 nitrogen and oxygen atoms in total. The summed E-state index contributed by atoms with van der Waals surface area (Å²) in [6, 6.07) is 7.44. The van der Waals surface area contributed by atoms with Gasteiger partial charge in [0.05, 0.1) is 19.3 Å². The van der Waals surface area contributed by atoms with Gasteiger partial charge in [0.15, 0.2) is 0 Å². The molecule has 1 atom stereocenters. The molecule has 106 valence electrons. The van der Waals surface area contributed by atoms with E-state index in [-0.39, 0.29) is 18.6 Å². The molecule has 0 aliphatic rings. The number of amides is 1. The lowest BCUT2D eigenvalue weighted by Gasteiger charge is -2.13. The van der Waals surface area contributed by atoms with Gasteiger partial charge in [0.1, 0.15) is 5.75 Å². The van der Waals surface area contributed by atoms with Crippen molar-refractivity contribution in [2.45, 2.75) is 32.2 Å². The Bertz CT molecular complexity index is 377. The lowest BCUT2D eigenvalue weighted by molar-refractivity contribution is -0.122. The summed E-state index contributed by atoms with van der Waals surface area (Å²) in [5.74, 6) is 0.755. The first kappa shape index (κ1) is 16.0. The van der Waals surface area contributed by atoms with Crippen LogP contribution in [0, 0.1) is 0 Å². The number of ether oxygens (including phenoxy) is 1. The minimum absolute atomic E-state index is 0.0162. The number of benzene rings is 1. The van der Waals surface area contributed by atoms with Crippen molar-refractivity contribution < 1.29 is 14.6 Å². The average molecular weight is 330 g/mol. The highest BCUT2D eigenvalue weighted by molar-refractivity contribution is 9.10. The molecule has 1 rings (SSSR count). The number of nitrogens with one attached hydrogen (secondary N) is 1. The lowest BCUT2D eigenvalue weighted by atomic mass is 10.2. The first-order valence-electron chi connectivity index (χ1n) is 6.44. The fraction of sp³-hybridized carbons (Fsp3) is 0.500. The second-order valence-corrected chi connectivity index (χ2v) is 5.18. The minimum Gasteiger partial charge on any atom is -0.494 e. The summed E-state index contributed by atoms with van der Waals surface area (Å²) in [7, 11) is 0. The fourth-order valence-electron chi connectivity index (χ4n) is 1.53. The molecule has 0 heterocycles. The predicted molar refractivity (Wildman–Crippen MR) is 78.2 cm³/mol. The molecule has 0 unspecified atom stereocenters. The predicted octanol–water partition coefficient (Wildman–Crippen LogP) is 2.50. The summed E-state index contributed by atoms with van der Waals surface area (Å²) in [6.07, 6.45) is 1.80. The molecule has 2 N–H and O–H groups in total. The Morgan fingerprint density at radius 2 is 2.11 bits per heavy atom. The Morgan fingerprint density at radius 3 is 2.68 bits per heavy atom. The molecular weight excluding hydrogens is 310 g/mol. The smallest absolute Gasteiger partial charge is 0.220 e. The van der Waals surface area contributed by atoms with Gasteiger partial charge >= 0.3 is 0 Å². The largest absolute Gasteiger partial charge is 0.494 e. The van der Waals surface area contributed by atoms with Crippen LogP contribution < -0.4 is 10.1 Å². The Morgan fingerprint density at radius 1 is 1.42 bits per heavy atom. The Hall–Kier alpha value is -1.07. The van der Waals surface area contributed by atoms with Crippen molar-refractivity contribution in [1.82, 2.24) is 5.32 Å². The summed E-state index contributed by atoms with van der Waals surface area (Å²) in [5, 5.41) is 11.7. The van der Waals surface area contributed by atoms with E-state index in [9.17, 15) is 4.79 Å². The third-order valence-corrected chi connectivity index (χ3v) is 3.24. The molecule has 0 saturated carbocycles. The zero-order chi connectivity index (χ0) is 14.1. The number of hydrogen-bond acceptors (Lipinski definition) is 3. The van der Waals surface area contributed by atoms with Gasteiger partial charge in [-0.15, -0.1) is 0 Å². The van der Waals surface area contributed by atoms with Crippen LogP contribution in [0.3, 0.4) is 0 Å². The van der Waals surface area contributed by atoms with Gasteiger partial charge in [-0.05, 0) is 37.1 Å². The van der Waals surface area contributed by atoms with Gasteiger partial charge in [-0.25, -0.2) is 0 Å². The van der Waals surface area contributed by atoms with Crippen LogP contribution in [0.1, 0.15) is 26.2 Å². The lowest BCUT2D eigenvalue weighted by Crippen LogP contribution is -2.36. The Labute approximate surface area is 122 Å². The summed E-state index contributed by atoms with van der Waals surface area (Å²) in [5.41, 5.74) is 0. The highest BCUT2D eigenvalue weighted by atomic mass is 79.9. The molecule has 5 heteroatoms. The normalized spacial score (nSPS) is 11.9. The number of aliphatic hydroxyl groups excluding tert-OH is 1.